The lowest BCUT2D eigenvalue weighted by atomic mass is 10.1. The molecule has 0 aliphatic carbocycles. The van der Waals surface area contributed by atoms with E-state index in [1.54, 1.807) is 0 Å². The molecule has 2 aromatic heterocycles. The van der Waals surface area contributed by atoms with E-state index in [2.05, 4.69) is 22.1 Å². The fourth-order valence-electron chi connectivity index (χ4n) is 2.05. The number of carbonyl (C=O) groups excluding carboxylic acids is 1. The zero-order chi connectivity index (χ0) is 13.8. The summed E-state index contributed by atoms with van der Waals surface area (Å²) >= 11 is 0. The van der Waals surface area contributed by atoms with Crippen molar-refractivity contribution in [2.24, 2.45) is 0 Å². The van der Waals surface area contributed by atoms with Gasteiger partial charge in [0.25, 0.3) is 0 Å². The lowest BCUT2D eigenvalue weighted by molar-refractivity contribution is 0.103. The Morgan fingerprint density at radius 2 is 1.75 bits per heavy atom. The lowest BCUT2D eigenvalue weighted by Gasteiger charge is -2.02. The second-order valence-corrected chi connectivity index (χ2v) is 4.51. The van der Waals surface area contributed by atoms with Crippen LogP contribution in [0.1, 0.15) is 21.5 Å². The molecule has 0 aliphatic heterocycles. The zero-order valence-corrected chi connectivity index (χ0v) is 10.8. The predicted octanol–water partition coefficient (Wildman–Crippen LogP) is 2.56. The van der Waals surface area contributed by atoms with Gasteiger partial charge in [0.2, 0.25) is 0 Å². The van der Waals surface area contributed by atoms with Crippen molar-refractivity contribution < 1.29 is 4.79 Å². The van der Waals surface area contributed by atoms with Crippen molar-refractivity contribution in [3.8, 4) is 0 Å². The summed E-state index contributed by atoms with van der Waals surface area (Å²) in [6, 6.07) is 11.9. The SMILES string of the molecule is O=C(c1cncnc1)c1ccn(Cc2ccccc2)c1. The molecule has 1 aromatic carbocycles. The topological polar surface area (TPSA) is 47.8 Å². The number of hydrogen-bond acceptors (Lipinski definition) is 3. The Kier molecular flexibility index (Phi) is 3.37. The van der Waals surface area contributed by atoms with E-state index in [-0.39, 0.29) is 5.78 Å². The Morgan fingerprint density at radius 1 is 1.00 bits per heavy atom. The Balaban J connectivity index is 1.79. The maximum absolute atomic E-state index is 12.2. The number of aromatic nitrogens is 3. The van der Waals surface area contributed by atoms with E-state index < -0.39 is 0 Å². The first-order chi connectivity index (χ1) is 9.83. The molecule has 0 atom stereocenters. The molecule has 0 N–H and O–H groups in total. The van der Waals surface area contributed by atoms with Crippen LogP contribution in [-0.4, -0.2) is 20.3 Å². The average molecular weight is 263 g/mol. The molecule has 0 bridgehead atoms. The third-order valence-electron chi connectivity index (χ3n) is 3.04. The van der Waals surface area contributed by atoms with Gasteiger partial charge < -0.3 is 4.57 Å². The fourth-order valence-corrected chi connectivity index (χ4v) is 2.05. The van der Waals surface area contributed by atoms with E-state index in [0.717, 1.165) is 6.54 Å². The van der Waals surface area contributed by atoms with Crippen molar-refractivity contribution in [3.63, 3.8) is 0 Å². The van der Waals surface area contributed by atoms with E-state index in [9.17, 15) is 4.79 Å². The van der Waals surface area contributed by atoms with Gasteiger partial charge >= 0.3 is 0 Å². The summed E-state index contributed by atoms with van der Waals surface area (Å²) < 4.78 is 1.99. The minimum Gasteiger partial charge on any atom is -0.349 e. The summed E-state index contributed by atoms with van der Waals surface area (Å²) in [4.78, 5) is 20.0. The van der Waals surface area contributed by atoms with Gasteiger partial charge in [0.05, 0.1) is 5.56 Å². The van der Waals surface area contributed by atoms with Gasteiger partial charge in [-0.25, -0.2) is 9.97 Å². The van der Waals surface area contributed by atoms with Crippen LogP contribution in [0.15, 0.2) is 67.5 Å². The Bertz CT molecular complexity index is 705. The van der Waals surface area contributed by atoms with Gasteiger partial charge in [-0.1, -0.05) is 30.3 Å². The molecular weight excluding hydrogens is 250 g/mol. The van der Waals surface area contributed by atoms with E-state index in [1.807, 2.05) is 41.2 Å². The van der Waals surface area contributed by atoms with Gasteiger partial charge in [0, 0.05) is 36.9 Å². The quantitative estimate of drug-likeness (QED) is 0.680. The molecule has 0 aliphatic rings. The molecule has 0 fully saturated rings. The van der Waals surface area contributed by atoms with Crippen LogP contribution >= 0.6 is 0 Å². The first-order valence-electron chi connectivity index (χ1n) is 6.32. The summed E-state index contributed by atoms with van der Waals surface area (Å²) in [6.45, 7) is 0.749. The number of ketones is 1. The van der Waals surface area contributed by atoms with Crippen molar-refractivity contribution in [1.29, 1.82) is 0 Å². The summed E-state index contributed by atoms with van der Waals surface area (Å²) in [5.74, 6) is -0.0580. The summed E-state index contributed by atoms with van der Waals surface area (Å²) in [5, 5.41) is 0. The van der Waals surface area contributed by atoms with Crippen molar-refractivity contribution in [2.45, 2.75) is 6.54 Å². The fraction of sp³-hybridized carbons (Fsp3) is 0.0625. The maximum atomic E-state index is 12.2. The van der Waals surface area contributed by atoms with Crippen molar-refractivity contribution in [3.05, 3.63) is 84.2 Å². The van der Waals surface area contributed by atoms with Gasteiger partial charge in [-0.05, 0) is 11.6 Å². The van der Waals surface area contributed by atoms with E-state index in [0.29, 0.717) is 11.1 Å². The number of benzene rings is 1. The van der Waals surface area contributed by atoms with Crippen LogP contribution < -0.4 is 0 Å². The van der Waals surface area contributed by atoms with Crippen molar-refractivity contribution in [2.75, 3.05) is 0 Å². The summed E-state index contributed by atoms with van der Waals surface area (Å²) in [5.41, 5.74) is 2.35. The normalized spacial score (nSPS) is 10.4. The molecule has 0 saturated carbocycles. The third-order valence-corrected chi connectivity index (χ3v) is 3.04. The highest BCUT2D eigenvalue weighted by atomic mass is 16.1. The second-order valence-electron chi connectivity index (χ2n) is 4.51. The van der Waals surface area contributed by atoms with Gasteiger partial charge in [-0.3, -0.25) is 4.79 Å². The van der Waals surface area contributed by atoms with Crippen molar-refractivity contribution >= 4 is 5.78 Å². The number of carbonyl (C=O) groups is 1. The molecule has 4 nitrogen and oxygen atoms in total. The van der Waals surface area contributed by atoms with Gasteiger partial charge in [0.1, 0.15) is 6.33 Å². The molecule has 4 heteroatoms. The van der Waals surface area contributed by atoms with Gasteiger partial charge in [-0.2, -0.15) is 0 Å². The zero-order valence-electron chi connectivity index (χ0n) is 10.8. The van der Waals surface area contributed by atoms with Crippen LogP contribution in [-0.2, 0) is 6.54 Å². The molecular formula is C16H13N3O. The summed E-state index contributed by atoms with van der Waals surface area (Å²) in [7, 11) is 0. The number of rotatable bonds is 4. The number of nitrogens with zero attached hydrogens (tertiary/aromatic N) is 3. The van der Waals surface area contributed by atoms with Crippen LogP contribution in [0.2, 0.25) is 0 Å². The van der Waals surface area contributed by atoms with Crippen LogP contribution in [0.25, 0.3) is 0 Å². The number of hydrogen-bond donors (Lipinski definition) is 0. The largest absolute Gasteiger partial charge is 0.349 e. The summed E-state index contributed by atoms with van der Waals surface area (Å²) in [6.07, 6.45) is 8.23. The first-order valence-corrected chi connectivity index (χ1v) is 6.32. The van der Waals surface area contributed by atoms with Crippen LogP contribution in [0.3, 0.4) is 0 Å². The molecule has 2 heterocycles. The minimum absolute atomic E-state index is 0.0580. The molecule has 3 aromatic rings. The molecule has 3 rings (SSSR count). The van der Waals surface area contributed by atoms with E-state index in [1.165, 1.54) is 24.3 Å². The highest BCUT2D eigenvalue weighted by molar-refractivity contribution is 6.08. The average Bonchev–Trinajstić information content (AvgIpc) is 2.97. The monoisotopic (exact) mass is 263 g/mol. The lowest BCUT2D eigenvalue weighted by Crippen LogP contribution is -2.02. The van der Waals surface area contributed by atoms with Crippen LogP contribution in [0, 0.1) is 0 Å². The highest BCUT2D eigenvalue weighted by Gasteiger charge is 2.10. The second kappa shape index (κ2) is 5.48. The molecule has 0 saturated heterocycles. The molecule has 98 valence electrons. The standard InChI is InChI=1S/C16H13N3O/c20-16(15-8-17-12-18-9-15)14-6-7-19(11-14)10-13-4-2-1-3-5-13/h1-9,11-12H,10H2. The minimum atomic E-state index is -0.0580. The van der Waals surface area contributed by atoms with Crippen molar-refractivity contribution in [1.82, 2.24) is 14.5 Å². The van der Waals surface area contributed by atoms with Crippen LogP contribution in [0.5, 0.6) is 0 Å². The predicted molar refractivity (Wildman–Crippen MR) is 75.4 cm³/mol. The van der Waals surface area contributed by atoms with Crippen LogP contribution in [0.4, 0.5) is 0 Å². The molecule has 20 heavy (non-hydrogen) atoms. The van der Waals surface area contributed by atoms with E-state index in [4.69, 9.17) is 0 Å². The molecule has 0 spiro atoms. The smallest absolute Gasteiger partial charge is 0.197 e. The Labute approximate surface area is 116 Å². The highest BCUT2D eigenvalue weighted by Crippen LogP contribution is 2.10. The maximum Gasteiger partial charge on any atom is 0.197 e. The Morgan fingerprint density at radius 3 is 2.50 bits per heavy atom. The molecule has 0 radical (unpaired) electrons. The molecule has 0 unspecified atom stereocenters. The van der Waals surface area contributed by atoms with E-state index >= 15 is 0 Å². The molecule has 0 amide bonds. The van der Waals surface area contributed by atoms with Gasteiger partial charge in [-0.15, -0.1) is 0 Å². The Hall–Kier alpha value is -2.75. The first kappa shape index (κ1) is 12.3. The van der Waals surface area contributed by atoms with Gasteiger partial charge in [0.15, 0.2) is 5.78 Å². The third kappa shape index (κ3) is 2.64.